The fourth-order valence-corrected chi connectivity index (χ4v) is 3.24. The van der Waals surface area contributed by atoms with E-state index in [1.54, 1.807) is 19.1 Å². The summed E-state index contributed by atoms with van der Waals surface area (Å²) in [6.07, 6.45) is 1.89. The van der Waals surface area contributed by atoms with Crippen LogP contribution in [-0.4, -0.2) is 42.4 Å². The summed E-state index contributed by atoms with van der Waals surface area (Å²) in [5.74, 6) is 2.90. The van der Waals surface area contributed by atoms with Gasteiger partial charge in [0.25, 0.3) is 0 Å². The van der Waals surface area contributed by atoms with Gasteiger partial charge in [-0.1, -0.05) is 23.4 Å². The molecule has 2 N–H and O–H groups in total. The molecular weight excluding hydrogens is 540 g/mol. The first-order valence-corrected chi connectivity index (χ1v) is 10.6. The van der Waals surface area contributed by atoms with Gasteiger partial charge in [0, 0.05) is 31.1 Å². The first-order valence-electron chi connectivity index (χ1n) is 10.6. The van der Waals surface area contributed by atoms with E-state index in [4.69, 9.17) is 14.0 Å². The number of aromatic nitrogens is 2. The molecule has 10 heteroatoms. The molecule has 0 radical (unpaired) electrons. The highest BCUT2D eigenvalue weighted by atomic mass is 127. The lowest BCUT2D eigenvalue weighted by Gasteiger charge is -2.15. The van der Waals surface area contributed by atoms with Crippen molar-refractivity contribution < 1.29 is 18.4 Å². The number of nitrogens with zero attached hydrogens (tertiary/aromatic N) is 3. The Morgan fingerprint density at radius 1 is 1.09 bits per heavy atom. The zero-order valence-electron chi connectivity index (χ0n) is 18.3. The average molecular weight is 567 g/mol. The second-order valence-electron chi connectivity index (χ2n) is 7.32. The molecule has 176 valence electrons. The van der Waals surface area contributed by atoms with Crippen LogP contribution in [0.2, 0.25) is 0 Å². The third-order valence-electron chi connectivity index (χ3n) is 4.82. The van der Waals surface area contributed by atoms with Crippen LogP contribution in [0.15, 0.2) is 52.0 Å². The third-order valence-corrected chi connectivity index (χ3v) is 4.82. The van der Waals surface area contributed by atoms with Crippen molar-refractivity contribution in [3.05, 3.63) is 65.6 Å². The van der Waals surface area contributed by atoms with E-state index >= 15 is 0 Å². The molecule has 2 aromatic carbocycles. The predicted molar refractivity (Wildman–Crippen MR) is 134 cm³/mol. The number of rotatable bonds is 7. The molecule has 1 aliphatic rings. The molecule has 0 amide bonds. The monoisotopic (exact) mass is 567 g/mol. The molecule has 1 aromatic heterocycles. The standard InChI is InChI=1S/C23H26FN5O3.HI/c1-16-27-22(32-29-16)10-12-26-23(25-11-9-17-5-2-3-6-19(17)24)28-18-7-8-20-21(15-18)31-14-4-13-30-20;/h2-3,5-8,15H,4,9-14H2,1H3,(H2,25,26,28);1H. The van der Waals surface area contributed by atoms with E-state index in [0.29, 0.717) is 68.1 Å². The van der Waals surface area contributed by atoms with Gasteiger partial charge in [-0.15, -0.1) is 24.0 Å². The molecule has 2 heterocycles. The topological polar surface area (TPSA) is 93.8 Å². The van der Waals surface area contributed by atoms with Crippen LogP contribution >= 0.6 is 24.0 Å². The van der Waals surface area contributed by atoms with E-state index in [1.165, 1.54) is 6.07 Å². The lowest BCUT2D eigenvalue weighted by Crippen LogP contribution is -2.33. The van der Waals surface area contributed by atoms with Gasteiger partial charge in [0.05, 0.1) is 19.8 Å². The van der Waals surface area contributed by atoms with Gasteiger partial charge in [-0.3, -0.25) is 4.99 Å². The van der Waals surface area contributed by atoms with Crippen molar-refractivity contribution in [3.8, 4) is 11.5 Å². The van der Waals surface area contributed by atoms with Crippen LogP contribution < -0.4 is 20.1 Å². The second kappa shape index (κ2) is 12.4. The van der Waals surface area contributed by atoms with E-state index in [2.05, 4.69) is 25.8 Å². The summed E-state index contributed by atoms with van der Waals surface area (Å²) in [6, 6.07) is 12.4. The average Bonchev–Trinajstić information content (AvgIpc) is 3.06. The number of fused-ring (bicyclic) bond motifs is 1. The van der Waals surface area contributed by atoms with Crippen molar-refractivity contribution in [2.45, 2.75) is 26.2 Å². The molecule has 0 saturated heterocycles. The van der Waals surface area contributed by atoms with Gasteiger partial charge in [-0.05, 0) is 37.1 Å². The molecule has 0 bridgehead atoms. The maximum absolute atomic E-state index is 13.9. The first-order chi connectivity index (χ1) is 15.7. The fraction of sp³-hybridized carbons (Fsp3) is 0.348. The number of aryl methyl sites for hydroxylation is 1. The smallest absolute Gasteiger partial charge is 0.228 e. The van der Waals surface area contributed by atoms with E-state index in [1.807, 2.05) is 24.3 Å². The summed E-state index contributed by atoms with van der Waals surface area (Å²) in [5, 5.41) is 10.3. The summed E-state index contributed by atoms with van der Waals surface area (Å²) >= 11 is 0. The highest BCUT2D eigenvalue weighted by molar-refractivity contribution is 14.0. The normalized spacial score (nSPS) is 13.1. The van der Waals surface area contributed by atoms with Crippen LogP contribution in [0.25, 0.3) is 0 Å². The molecule has 0 spiro atoms. The second-order valence-corrected chi connectivity index (χ2v) is 7.32. The summed E-state index contributed by atoms with van der Waals surface area (Å²) in [7, 11) is 0. The highest BCUT2D eigenvalue weighted by Crippen LogP contribution is 2.32. The van der Waals surface area contributed by atoms with Crippen molar-refractivity contribution in [2.75, 3.05) is 31.6 Å². The van der Waals surface area contributed by atoms with E-state index in [-0.39, 0.29) is 29.8 Å². The Balaban J connectivity index is 0.00000306. The number of aliphatic imine (C=N–C) groups is 1. The number of hydrogen-bond donors (Lipinski definition) is 2. The van der Waals surface area contributed by atoms with Crippen molar-refractivity contribution in [1.82, 2.24) is 15.5 Å². The van der Waals surface area contributed by atoms with Crippen LogP contribution in [0.1, 0.15) is 23.7 Å². The van der Waals surface area contributed by atoms with Crippen LogP contribution in [0, 0.1) is 12.7 Å². The first kappa shape index (κ1) is 24.7. The summed E-state index contributed by atoms with van der Waals surface area (Å²) in [4.78, 5) is 8.81. The lowest BCUT2D eigenvalue weighted by atomic mass is 10.1. The van der Waals surface area contributed by atoms with E-state index in [0.717, 1.165) is 17.9 Å². The van der Waals surface area contributed by atoms with Gasteiger partial charge in [-0.25, -0.2) is 4.39 Å². The van der Waals surface area contributed by atoms with E-state index in [9.17, 15) is 4.39 Å². The minimum absolute atomic E-state index is 0. The molecule has 0 unspecified atom stereocenters. The SMILES string of the molecule is Cc1noc(CCN=C(NCCc2ccccc2F)Nc2ccc3c(c2)OCCCO3)n1.I. The molecule has 4 rings (SSSR count). The number of halogens is 2. The van der Waals surface area contributed by atoms with Crippen LogP contribution in [0.3, 0.4) is 0 Å². The van der Waals surface area contributed by atoms with Crippen molar-refractivity contribution in [2.24, 2.45) is 4.99 Å². The Hall–Kier alpha value is -2.89. The fourth-order valence-electron chi connectivity index (χ4n) is 3.24. The van der Waals surface area contributed by atoms with Crippen molar-refractivity contribution in [1.29, 1.82) is 0 Å². The van der Waals surface area contributed by atoms with E-state index < -0.39 is 0 Å². The van der Waals surface area contributed by atoms with Gasteiger partial charge >= 0.3 is 0 Å². The van der Waals surface area contributed by atoms with Gasteiger partial charge in [-0.2, -0.15) is 4.98 Å². The number of nitrogens with one attached hydrogen (secondary N) is 2. The summed E-state index contributed by atoms with van der Waals surface area (Å²) in [5.41, 5.74) is 1.45. The molecule has 33 heavy (non-hydrogen) atoms. The van der Waals surface area contributed by atoms with Gasteiger partial charge in [0.15, 0.2) is 23.3 Å². The minimum Gasteiger partial charge on any atom is -0.490 e. The maximum Gasteiger partial charge on any atom is 0.228 e. The Bertz CT molecular complexity index is 1080. The highest BCUT2D eigenvalue weighted by Gasteiger charge is 2.12. The molecule has 0 atom stereocenters. The number of ether oxygens (including phenoxy) is 2. The lowest BCUT2D eigenvalue weighted by molar-refractivity contribution is 0.297. The molecule has 8 nitrogen and oxygen atoms in total. The maximum atomic E-state index is 13.9. The third kappa shape index (κ3) is 7.31. The minimum atomic E-state index is -0.213. The quantitative estimate of drug-likeness (QED) is 0.252. The van der Waals surface area contributed by atoms with Gasteiger partial charge in [0.1, 0.15) is 5.82 Å². The molecule has 0 fully saturated rings. The summed E-state index contributed by atoms with van der Waals surface area (Å²) < 4.78 is 30.5. The molecule has 1 aliphatic heterocycles. The summed E-state index contributed by atoms with van der Waals surface area (Å²) in [6.45, 7) is 3.98. The molecule has 0 saturated carbocycles. The molecular formula is C23H27FIN5O3. The number of anilines is 1. The largest absolute Gasteiger partial charge is 0.490 e. The Morgan fingerprint density at radius 3 is 2.70 bits per heavy atom. The van der Waals surface area contributed by atoms with Crippen molar-refractivity contribution >= 4 is 35.6 Å². The Labute approximate surface area is 209 Å². The number of benzene rings is 2. The van der Waals surface area contributed by atoms with Crippen LogP contribution in [0.5, 0.6) is 11.5 Å². The Kier molecular flexibility index (Phi) is 9.28. The predicted octanol–water partition coefficient (Wildman–Crippen LogP) is 4.14. The number of hydrogen-bond acceptors (Lipinski definition) is 6. The van der Waals surface area contributed by atoms with Crippen LogP contribution in [0.4, 0.5) is 10.1 Å². The van der Waals surface area contributed by atoms with Gasteiger partial charge < -0.3 is 24.6 Å². The van der Waals surface area contributed by atoms with Crippen LogP contribution in [-0.2, 0) is 12.8 Å². The zero-order chi connectivity index (χ0) is 22.2. The Morgan fingerprint density at radius 2 is 1.91 bits per heavy atom. The zero-order valence-corrected chi connectivity index (χ0v) is 20.7. The molecule has 0 aliphatic carbocycles. The molecule has 3 aromatic rings. The van der Waals surface area contributed by atoms with Crippen molar-refractivity contribution in [3.63, 3.8) is 0 Å². The number of guanidine groups is 1. The van der Waals surface area contributed by atoms with Gasteiger partial charge in [0.2, 0.25) is 5.89 Å².